The summed E-state index contributed by atoms with van der Waals surface area (Å²) in [6, 6.07) is 0. The molecule has 2 N–H and O–H groups in total. The number of aliphatic hydroxyl groups excluding tert-OH is 1. The van der Waals surface area contributed by atoms with Gasteiger partial charge in [-0.05, 0) is 18.3 Å². The van der Waals surface area contributed by atoms with Crippen molar-refractivity contribution >= 4 is 10.2 Å². The van der Waals surface area contributed by atoms with Gasteiger partial charge in [0.1, 0.15) is 0 Å². The summed E-state index contributed by atoms with van der Waals surface area (Å²) in [6.45, 7) is 6.90. The molecule has 0 aliphatic carbocycles. The molecule has 0 aromatic heterocycles. The maximum absolute atomic E-state index is 12.1. The fraction of sp³-hybridized carbons (Fsp3) is 1.00. The van der Waals surface area contributed by atoms with Gasteiger partial charge in [0.15, 0.2) is 0 Å². The van der Waals surface area contributed by atoms with Crippen LogP contribution in [0.1, 0.15) is 46.5 Å². The topological polar surface area (TPSA) is 69.6 Å². The highest BCUT2D eigenvalue weighted by Gasteiger charge is 2.27. The van der Waals surface area contributed by atoms with E-state index in [-0.39, 0.29) is 12.0 Å². The van der Waals surface area contributed by atoms with Gasteiger partial charge in [0.25, 0.3) is 10.2 Å². The average molecular weight is 278 g/mol. The van der Waals surface area contributed by atoms with E-state index in [4.69, 9.17) is 0 Å². The standard InChI is InChI=1S/C12H26N2O3S/c1-12(2,3)11(15)10-13-18(16,17)14-8-6-4-5-7-9-14/h11,13,15H,4-10H2,1-3H3. The molecular formula is C12H26N2O3S. The van der Waals surface area contributed by atoms with E-state index in [9.17, 15) is 13.5 Å². The van der Waals surface area contributed by atoms with Gasteiger partial charge < -0.3 is 5.11 Å². The van der Waals surface area contributed by atoms with Crippen molar-refractivity contribution in [1.82, 2.24) is 9.03 Å². The maximum atomic E-state index is 12.1. The number of nitrogens with one attached hydrogen (secondary N) is 1. The van der Waals surface area contributed by atoms with E-state index in [0.717, 1.165) is 25.7 Å². The van der Waals surface area contributed by atoms with Gasteiger partial charge in [0, 0.05) is 19.6 Å². The molecule has 0 aromatic rings. The summed E-state index contributed by atoms with van der Waals surface area (Å²) in [5.41, 5.74) is -0.318. The first kappa shape index (κ1) is 15.9. The third-order valence-corrected chi connectivity index (χ3v) is 4.94. The maximum Gasteiger partial charge on any atom is 0.279 e. The van der Waals surface area contributed by atoms with Crippen molar-refractivity contribution in [2.45, 2.75) is 52.6 Å². The molecule has 1 atom stereocenters. The second-order valence-corrected chi connectivity index (χ2v) is 7.80. The Morgan fingerprint density at radius 1 is 1.17 bits per heavy atom. The predicted octanol–water partition coefficient (Wildman–Crippen LogP) is 1.10. The van der Waals surface area contributed by atoms with Crippen LogP contribution in [0.25, 0.3) is 0 Å². The zero-order valence-corrected chi connectivity index (χ0v) is 12.5. The van der Waals surface area contributed by atoms with E-state index in [1.165, 1.54) is 4.31 Å². The van der Waals surface area contributed by atoms with Gasteiger partial charge in [-0.3, -0.25) is 0 Å². The molecule has 1 aliphatic heterocycles. The fourth-order valence-corrected chi connectivity index (χ4v) is 3.15. The monoisotopic (exact) mass is 278 g/mol. The van der Waals surface area contributed by atoms with Crippen LogP contribution in [-0.4, -0.2) is 43.6 Å². The van der Waals surface area contributed by atoms with Crippen molar-refractivity contribution in [3.8, 4) is 0 Å². The van der Waals surface area contributed by atoms with Gasteiger partial charge in [-0.15, -0.1) is 0 Å². The molecule has 18 heavy (non-hydrogen) atoms. The van der Waals surface area contributed by atoms with Crippen LogP contribution in [-0.2, 0) is 10.2 Å². The minimum atomic E-state index is -3.44. The predicted molar refractivity (Wildman–Crippen MR) is 72.4 cm³/mol. The Hall–Kier alpha value is -0.170. The number of nitrogens with zero attached hydrogens (tertiary/aromatic N) is 1. The van der Waals surface area contributed by atoms with Crippen molar-refractivity contribution in [2.24, 2.45) is 5.41 Å². The molecule has 0 amide bonds. The molecule has 1 saturated heterocycles. The Morgan fingerprint density at radius 2 is 1.67 bits per heavy atom. The Labute approximate surface area is 111 Å². The van der Waals surface area contributed by atoms with E-state index in [2.05, 4.69) is 4.72 Å². The number of aliphatic hydroxyl groups is 1. The summed E-state index contributed by atoms with van der Waals surface area (Å²) in [7, 11) is -3.44. The first-order valence-corrected chi connectivity index (χ1v) is 8.10. The summed E-state index contributed by atoms with van der Waals surface area (Å²) in [6.07, 6.45) is 3.35. The average Bonchev–Trinajstić information content (AvgIpc) is 2.53. The van der Waals surface area contributed by atoms with Gasteiger partial charge in [-0.1, -0.05) is 33.6 Å². The molecule has 1 fully saturated rings. The highest BCUT2D eigenvalue weighted by atomic mass is 32.2. The minimum Gasteiger partial charge on any atom is -0.391 e. The summed E-state index contributed by atoms with van der Waals surface area (Å²) in [4.78, 5) is 0. The van der Waals surface area contributed by atoms with E-state index in [1.807, 2.05) is 20.8 Å². The first-order valence-electron chi connectivity index (χ1n) is 6.66. The second kappa shape index (κ2) is 6.32. The van der Waals surface area contributed by atoms with Crippen LogP contribution in [0, 0.1) is 5.41 Å². The lowest BCUT2D eigenvalue weighted by atomic mass is 9.89. The molecule has 108 valence electrons. The number of hydrogen-bond acceptors (Lipinski definition) is 3. The van der Waals surface area contributed by atoms with Crippen LogP contribution in [0.2, 0.25) is 0 Å². The molecule has 1 aliphatic rings. The Balaban J connectivity index is 2.53. The summed E-state index contributed by atoms with van der Waals surface area (Å²) < 4.78 is 28.2. The molecule has 0 radical (unpaired) electrons. The smallest absolute Gasteiger partial charge is 0.279 e. The molecule has 1 rings (SSSR count). The van der Waals surface area contributed by atoms with Crippen LogP contribution < -0.4 is 4.72 Å². The van der Waals surface area contributed by atoms with Crippen molar-refractivity contribution < 1.29 is 13.5 Å². The van der Waals surface area contributed by atoms with Crippen molar-refractivity contribution in [3.05, 3.63) is 0 Å². The van der Waals surface area contributed by atoms with E-state index in [1.54, 1.807) is 0 Å². The molecular weight excluding hydrogens is 252 g/mol. The molecule has 0 bridgehead atoms. The number of rotatable bonds is 4. The van der Waals surface area contributed by atoms with Crippen LogP contribution in [0.3, 0.4) is 0 Å². The van der Waals surface area contributed by atoms with Crippen molar-refractivity contribution in [3.63, 3.8) is 0 Å². The normalized spacial score (nSPS) is 21.6. The molecule has 1 heterocycles. The van der Waals surface area contributed by atoms with Crippen molar-refractivity contribution in [2.75, 3.05) is 19.6 Å². The summed E-state index contributed by atoms with van der Waals surface area (Å²) >= 11 is 0. The zero-order valence-electron chi connectivity index (χ0n) is 11.6. The van der Waals surface area contributed by atoms with Crippen LogP contribution in [0.5, 0.6) is 0 Å². The third-order valence-electron chi connectivity index (χ3n) is 3.36. The largest absolute Gasteiger partial charge is 0.391 e. The highest BCUT2D eigenvalue weighted by molar-refractivity contribution is 7.87. The molecule has 5 nitrogen and oxygen atoms in total. The first-order chi connectivity index (χ1) is 8.23. The van der Waals surface area contributed by atoms with Crippen LogP contribution >= 0.6 is 0 Å². The number of hydrogen-bond donors (Lipinski definition) is 2. The van der Waals surface area contributed by atoms with Gasteiger partial charge in [0.05, 0.1) is 6.10 Å². The SMILES string of the molecule is CC(C)(C)C(O)CNS(=O)(=O)N1CCCCCC1. The van der Waals surface area contributed by atoms with E-state index >= 15 is 0 Å². The van der Waals surface area contributed by atoms with Gasteiger partial charge in [0.2, 0.25) is 0 Å². The fourth-order valence-electron chi connectivity index (χ4n) is 1.86. The highest BCUT2D eigenvalue weighted by Crippen LogP contribution is 2.19. The minimum absolute atomic E-state index is 0.0718. The Bertz CT molecular complexity index is 341. The molecule has 0 aromatic carbocycles. The Kier molecular flexibility index (Phi) is 5.58. The lowest BCUT2D eigenvalue weighted by Gasteiger charge is -2.27. The lowest BCUT2D eigenvalue weighted by Crippen LogP contribution is -2.46. The molecule has 0 spiro atoms. The van der Waals surface area contributed by atoms with E-state index in [0.29, 0.717) is 13.1 Å². The summed E-state index contributed by atoms with van der Waals surface area (Å²) in [5, 5.41) is 9.86. The van der Waals surface area contributed by atoms with Gasteiger partial charge >= 0.3 is 0 Å². The van der Waals surface area contributed by atoms with Crippen LogP contribution in [0.15, 0.2) is 0 Å². The molecule has 1 unspecified atom stereocenters. The summed E-state index contributed by atoms with van der Waals surface area (Å²) in [5.74, 6) is 0. The molecule has 0 saturated carbocycles. The van der Waals surface area contributed by atoms with Crippen LogP contribution in [0.4, 0.5) is 0 Å². The molecule has 6 heteroatoms. The Morgan fingerprint density at radius 3 is 2.11 bits per heavy atom. The van der Waals surface area contributed by atoms with Gasteiger partial charge in [-0.25, -0.2) is 0 Å². The van der Waals surface area contributed by atoms with E-state index < -0.39 is 16.3 Å². The third kappa shape index (κ3) is 4.84. The lowest BCUT2D eigenvalue weighted by molar-refractivity contribution is 0.0673. The quantitative estimate of drug-likeness (QED) is 0.809. The second-order valence-electron chi connectivity index (χ2n) is 6.05. The zero-order chi connectivity index (χ0) is 13.8. The van der Waals surface area contributed by atoms with Crippen molar-refractivity contribution in [1.29, 1.82) is 0 Å². The van der Waals surface area contributed by atoms with Gasteiger partial charge in [-0.2, -0.15) is 17.4 Å².